The first kappa shape index (κ1) is 15.4. The Hall–Kier alpha value is -1.95. The van der Waals surface area contributed by atoms with Crippen LogP contribution in [-0.4, -0.2) is 46.0 Å². The third kappa shape index (κ3) is 4.01. The summed E-state index contributed by atoms with van der Waals surface area (Å²) < 4.78 is 0. The van der Waals surface area contributed by atoms with E-state index in [1.807, 2.05) is 24.0 Å². The number of carboxylic acid groups (broad SMARTS) is 1. The lowest BCUT2D eigenvalue weighted by atomic mass is 9.96. The van der Waals surface area contributed by atoms with Crippen LogP contribution in [0.25, 0.3) is 0 Å². The van der Waals surface area contributed by atoms with Crippen LogP contribution in [0.15, 0.2) is 18.2 Å². The first-order chi connectivity index (χ1) is 9.97. The van der Waals surface area contributed by atoms with Gasteiger partial charge in [0.25, 0.3) is 0 Å². The summed E-state index contributed by atoms with van der Waals surface area (Å²) in [6.45, 7) is 4.72. The number of nitrogens with zero attached hydrogens (tertiary/aromatic N) is 2. The highest BCUT2D eigenvalue weighted by Gasteiger charge is 2.30. The highest BCUT2D eigenvalue weighted by atomic mass is 16.4. The van der Waals surface area contributed by atoms with Gasteiger partial charge < -0.3 is 10.4 Å². The number of piperidine rings is 1. The second kappa shape index (κ2) is 6.67. The number of aryl methyl sites for hydroxylation is 1. The van der Waals surface area contributed by atoms with Gasteiger partial charge in [-0.15, -0.1) is 0 Å². The van der Waals surface area contributed by atoms with Gasteiger partial charge in [0.05, 0.1) is 5.92 Å². The van der Waals surface area contributed by atoms with Gasteiger partial charge in [-0.3, -0.25) is 14.5 Å². The van der Waals surface area contributed by atoms with E-state index in [2.05, 4.69) is 10.3 Å². The summed E-state index contributed by atoms with van der Waals surface area (Å²) in [4.78, 5) is 29.4. The van der Waals surface area contributed by atoms with Crippen LogP contribution >= 0.6 is 0 Å². The predicted octanol–water partition coefficient (Wildman–Crippen LogP) is 1.51. The minimum Gasteiger partial charge on any atom is -0.480 e. The fourth-order valence-electron chi connectivity index (χ4n) is 2.57. The lowest BCUT2D eigenvalue weighted by Gasteiger charge is -2.34. The number of likely N-dealkylation sites (tertiary alicyclic amines) is 1. The number of aromatic nitrogens is 1. The van der Waals surface area contributed by atoms with E-state index in [1.54, 1.807) is 13.0 Å². The second-order valence-corrected chi connectivity index (χ2v) is 5.50. The van der Waals surface area contributed by atoms with Gasteiger partial charge in [-0.2, -0.15) is 0 Å². The van der Waals surface area contributed by atoms with Gasteiger partial charge in [-0.1, -0.05) is 6.07 Å². The maximum absolute atomic E-state index is 12.3. The highest BCUT2D eigenvalue weighted by molar-refractivity contribution is 5.92. The molecule has 0 unspecified atom stereocenters. The molecule has 1 aromatic heterocycles. The summed E-state index contributed by atoms with van der Waals surface area (Å²) >= 11 is 0. The molecule has 0 aromatic carbocycles. The predicted molar refractivity (Wildman–Crippen MR) is 79.0 cm³/mol. The van der Waals surface area contributed by atoms with E-state index in [1.165, 1.54) is 0 Å². The first-order valence-corrected chi connectivity index (χ1v) is 7.18. The molecule has 0 spiro atoms. The van der Waals surface area contributed by atoms with Gasteiger partial charge in [0.15, 0.2) is 0 Å². The van der Waals surface area contributed by atoms with Crippen LogP contribution in [0.4, 0.5) is 5.82 Å². The van der Waals surface area contributed by atoms with Crippen molar-refractivity contribution in [2.24, 2.45) is 5.92 Å². The zero-order chi connectivity index (χ0) is 15.4. The van der Waals surface area contributed by atoms with E-state index in [4.69, 9.17) is 5.11 Å². The Morgan fingerprint density at radius 3 is 2.90 bits per heavy atom. The summed E-state index contributed by atoms with van der Waals surface area (Å²) in [5, 5.41) is 11.9. The molecule has 0 radical (unpaired) electrons. The molecule has 114 valence electrons. The Bertz CT molecular complexity index is 533. The molecule has 21 heavy (non-hydrogen) atoms. The molecular weight excluding hydrogens is 270 g/mol. The molecule has 2 heterocycles. The van der Waals surface area contributed by atoms with Gasteiger partial charge in [0.1, 0.15) is 11.9 Å². The van der Waals surface area contributed by atoms with Crippen molar-refractivity contribution in [1.82, 2.24) is 9.88 Å². The average Bonchev–Trinajstić information content (AvgIpc) is 2.46. The molecule has 2 N–H and O–H groups in total. The molecule has 1 aliphatic rings. The SMILES string of the molecule is Cc1cccc(NC(=O)[C@H]2CCCN([C@H](C)C(=O)O)C2)n1. The Balaban J connectivity index is 1.97. The van der Waals surface area contributed by atoms with Crippen molar-refractivity contribution in [3.8, 4) is 0 Å². The molecule has 2 atom stereocenters. The maximum atomic E-state index is 12.3. The molecule has 1 fully saturated rings. The van der Waals surface area contributed by atoms with Crippen LogP contribution in [0, 0.1) is 12.8 Å². The van der Waals surface area contributed by atoms with Crippen molar-refractivity contribution < 1.29 is 14.7 Å². The number of anilines is 1. The van der Waals surface area contributed by atoms with E-state index < -0.39 is 12.0 Å². The summed E-state index contributed by atoms with van der Waals surface area (Å²) in [5.74, 6) is -0.585. The normalized spacial score (nSPS) is 20.8. The van der Waals surface area contributed by atoms with Crippen molar-refractivity contribution in [2.45, 2.75) is 32.7 Å². The number of nitrogens with one attached hydrogen (secondary N) is 1. The molecule has 1 aliphatic heterocycles. The average molecular weight is 291 g/mol. The number of rotatable bonds is 4. The zero-order valence-corrected chi connectivity index (χ0v) is 12.4. The molecule has 2 rings (SSSR count). The van der Waals surface area contributed by atoms with Gasteiger partial charge in [0.2, 0.25) is 5.91 Å². The second-order valence-electron chi connectivity index (χ2n) is 5.50. The van der Waals surface area contributed by atoms with E-state index in [0.717, 1.165) is 25.1 Å². The molecule has 6 nitrogen and oxygen atoms in total. The summed E-state index contributed by atoms with van der Waals surface area (Å²) in [6.07, 6.45) is 1.61. The summed E-state index contributed by atoms with van der Waals surface area (Å²) in [7, 11) is 0. The minimum absolute atomic E-state index is 0.0876. The lowest BCUT2D eigenvalue weighted by molar-refractivity contribution is -0.144. The fraction of sp³-hybridized carbons (Fsp3) is 0.533. The Morgan fingerprint density at radius 1 is 1.48 bits per heavy atom. The molecule has 1 saturated heterocycles. The number of carbonyl (C=O) groups excluding carboxylic acids is 1. The maximum Gasteiger partial charge on any atom is 0.320 e. The number of carboxylic acids is 1. The van der Waals surface area contributed by atoms with Crippen LogP contribution in [0.5, 0.6) is 0 Å². The van der Waals surface area contributed by atoms with Crippen molar-refractivity contribution in [3.05, 3.63) is 23.9 Å². The molecule has 1 amide bonds. The van der Waals surface area contributed by atoms with Crippen LogP contribution in [-0.2, 0) is 9.59 Å². The fourth-order valence-corrected chi connectivity index (χ4v) is 2.57. The number of carbonyl (C=O) groups is 2. The zero-order valence-electron chi connectivity index (χ0n) is 12.4. The van der Waals surface area contributed by atoms with Gasteiger partial charge >= 0.3 is 5.97 Å². The van der Waals surface area contributed by atoms with Crippen molar-refractivity contribution in [2.75, 3.05) is 18.4 Å². The molecule has 0 saturated carbocycles. The summed E-state index contributed by atoms with van der Waals surface area (Å²) in [6, 6.07) is 4.91. The first-order valence-electron chi connectivity index (χ1n) is 7.18. The molecule has 0 aliphatic carbocycles. The highest BCUT2D eigenvalue weighted by Crippen LogP contribution is 2.20. The molecule has 6 heteroatoms. The Labute approximate surface area is 124 Å². The number of pyridine rings is 1. The van der Waals surface area contributed by atoms with Crippen LogP contribution in [0.1, 0.15) is 25.5 Å². The van der Waals surface area contributed by atoms with Crippen molar-refractivity contribution >= 4 is 17.7 Å². The van der Waals surface area contributed by atoms with E-state index in [0.29, 0.717) is 12.4 Å². The Kier molecular flexibility index (Phi) is 4.90. The lowest BCUT2D eigenvalue weighted by Crippen LogP contribution is -2.47. The topological polar surface area (TPSA) is 82.5 Å². The number of amides is 1. The van der Waals surface area contributed by atoms with Gasteiger partial charge in [-0.05, 0) is 45.4 Å². The van der Waals surface area contributed by atoms with Crippen LogP contribution < -0.4 is 5.32 Å². The third-order valence-electron chi connectivity index (χ3n) is 3.87. The monoisotopic (exact) mass is 291 g/mol. The number of hydrogen-bond acceptors (Lipinski definition) is 4. The van der Waals surface area contributed by atoms with Crippen LogP contribution in [0.3, 0.4) is 0 Å². The van der Waals surface area contributed by atoms with Crippen LogP contribution in [0.2, 0.25) is 0 Å². The number of aliphatic carboxylic acids is 1. The molecule has 0 bridgehead atoms. The minimum atomic E-state index is -0.851. The third-order valence-corrected chi connectivity index (χ3v) is 3.87. The molecule has 1 aromatic rings. The Morgan fingerprint density at radius 2 is 2.24 bits per heavy atom. The quantitative estimate of drug-likeness (QED) is 0.878. The molecular formula is C15H21N3O3. The van der Waals surface area contributed by atoms with E-state index in [9.17, 15) is 9.59 Å². The van der Waals surface area contributed by atoms with Gasteiger partial charge in [-0.25, -0.2) is 4.98 Å². The smallest absolute Gasteiger partial charge is 0.320 e. The van der Waals surface area contributed by atoms with E-state index >= 15 is 0 Å². The van der Waals surface area contributed by atoms with Crippen molar-refractivity contribution in [1.29, 1.82) is 0 Å². The van der Waals surface area contributed by atoms with Gasteiger partial charge in [0, 0.05) is 12.2 Å². The largest absolute Gasteiger partial charge is 0.480 e. The standard InChI is InChI=1S/C15H21N3O3/c1-10-5-3-7-13(16-10)17-14(19)12-6-4-8-18(9-12)11(2)15(20)21/h3,5,7,11-12H,4,6,8-9H2,1-2H3,(H,20,21)(H,16,17,19)/t11-,12+/m1/s1. The number of hydrogen-bond donors (Lipinski definition) is 2. The van der Waals surface area contributed by atoms with E-state index in [-0.39, 0.29) is 11.8 Å². The summed E-state index contributed by atoms with van der Waals surface area (Å²) in [5.41, 5.74) is 0.845. The van der Waals surface area contributed by atoms with Crippen molar-refractivity contribution in [3.63, 3.8) is 0 Å².